The molecule has 0 aromatic heterocycles. The maximum Gasteiger partial charge on any atom is 0.442 e. The van der Waals surface area contributed by atoms with Gasteiger partial charge in [-0.05, 0) is 39.5 Å². The van der Waals surface area contributed by atoms with Gasteiger partial charge in [-0.2, -0.15) is 13.2 Å². The first-order valence-corrected chi connectivity index (χ1v) is 6.35. The summed E-state index contributed by atoms with van der Waals surface area (Å²) in [6.07, 6.45) is 0. The molecule has 1 atom stereocenters. The summed E-state index contributed by atoms with van der Waals surface area (Å²) in [4.78, 5) is 0. The Bertz CT molecular complexity index is 194. The second kappa shape index (κ2) is 7.45. The summed E-state index contributed by atoms with van der Waals surface area (Å²) in [6.45, 7) is 7.04. The molecule has 7 heteroatoms. The molecule has 0 radical (unpaired) electrons. The molecule has 0 spiro atoms. The third kappa shape index (κ3) is 5.94. The van der Waals surface area contributed by atoms with Crippen LogP contribution in [0.4, 0.5) is 13.2 Å². The van der Waals surface area contributed by atoms with Gasteiger partial charge < -0.3 is 14.2 Å². The molecule has 0 aliphatic carbocycles. The molecule has 0 saturated carbocycles. The van der Waals surface area contributed by atoms with E-state index in [1.54, 1.807) is 20.8 Å². The van der Waals surface area contributed by atoms with Crippen molar-refractivity contribution < 1.29 is 27.4 Å². The number of hydrogen-bond donors (Lipinski definition) is 0. The molecule has 0 aromatic carbocycles. The number of hydrogen-bond acceptors (Lipinski definition) is 4. The Kier molecular flexibility index (Phi) is 7.46. The lowest BCUT2D eigenvalue weighted by Gasteiger charge is -2.36. The van der Waals surface area contributed by atoms with Crippen LogP contribution in [0.2, 0.25) is 0 Å². The maximum absolute atomic E-state index is 12.4. The van der Waals surface area contributed by atoms with Gasteiger partial charge in [0.05, 0.1) is 5.25 Å². The van der Waals surface area contributed by atoms with Gasteiger partial charge in [0.15, 0.2) is 0 Å². The predicted octanol–water partition coefficient (Wildman–Crippen LogP) is 3.39. The maximum atomic E-state index is 12.4. The Labute approximate surface area is 104 Å². The van der Waals surface area contributed by atoms with Crippen molar-refractivity contribution >= 4 is 11.8 Å². The van der Waals surface area contributed by atoms with Crippen LogP contribution in [0.1, 0.15) is 27.7 Å². The molecule has 0 bridgehead atoms. The van der Waals surface area contributed by atoms with Crippen LogP contribution in [0.5, 0.6) is 0 Å². The highest BCUT2D eigenvalue weighted by Crippen LogP contribution is 2.40. The number of thioether (sulfide) groups is 1. The molecular formula is C10H19F3O3S. The highest BCUT2D eigenvalue weighted by atomic mass is 32.2. The SMILES string of the molecule is CCOC(OCC)(OCC)C(C)SC(F)(F)F. The average Bonchev–Trinajstić information content (AvgIpc) is 2.16. The van der Waals surface area contributed by atoms with E-state index < -0.39 is 16.7 Å². The first-order valence-electron chi connectivity index (χ1n) is 5.47. The van der Waals surface area contributed by atoms with Gasteiger partial charge in [0, 0.05) is 19.8 Å². The molecule has 0 fully saturated rings. The quantitative estimate of drug-likeness (QED) is 0.635. The van der Waals surface area contributed by atoms with Gasteiger partial charge in [0.2, 0.25) is 0 Å². The van der Waals surface area contributed by atoms with Gasteiger partial charge >= 0.3 is 5.51 Å². The van der Waals surface area contributed by atoms with E-state index in [1.807, 2.05) is 0 Å². The van der Waals surface area contributed by atoms with E-state index in [-0.39, 0.29) is 31.6 Å². The smallest absolute Gasteiger partial charge is 0.327 e. The van der Waals surface area contributed by atoms with Crippen LogP contribution in [0.15, 0.2) is 0 Å². The normalized spacial score (nSPS) is 15.0. The molecule has 0 aliphatic rings. The number of rotatable bonds is 8. The van der Waals surface area contributed by atoms with Gasteiger partial charge in [-0.3, -0.25) is 0 Å². The highest BCUT2D eigenvalue weighted by molar-refractivity contribution is 8.00. The average molecular weight is 276 g/mol. The van der Waals surface area contributed by atoms with Crippen LogP contribution in [-0.4, -0.2) is 36.6 Å². The second-order valence-corrected chi connectivity index (χ2v) is 4.51. The summed E-state index contributed by atoms with van der Waals surface area (Å²) in [5, 5.41) is -1.01. The summed E-state index contributed by atoms with van der Waals surface area (Å²) >= 11 is -0.191. The summed E-state index contributed by atoms with van der Waals surface area (Å²) < 4.78 is 52.8. The lowest BCUT2D eigenvalue weighted by molar-refractivity contribution is -0.374. The lowest BCUT2D eigenvalue weighted by atomic mass is 10.4. The molecule has 0 saturated heterocycles. The number of halogens is 3. The Balaban J connectivity index is 4.83. The third-order valence-electron chi connectivity index (χ3n) is 1.84. The van der Waals surface area contributed by atoms with E-state index in [4.69, 9.17) is 14.2 Å². The second-order valence-electron chi connectivity index (χ2n) is 3.11. The van der Waals surface area contributed by atoms with Crippen molar-refractivity contribution in [2.75, 3.05) is 19.8 Å². The number of alkyl halides is 3. The number of ether oxygens (including phenoxy) is 3. The fraction of sp³-hybridized carbons (Fsp3) is 1.00. The van der Waals surface area contributed by atoms with E-state index in [0.29, 0.717) is 0 Å². The standard InChI is InChI=1S/C10H19F3O3S/c1-5-14-9(15-6-2,16-7-3)8(4)17-10(11,12)13/h8H,5-7H2,1-4H3. The van der Waals surface area contributed by atoms with Crippen LogP contribution in [0, 0.1) is 0 Å². The zero-order valence-corrected chi connectivity index (χ0v) is 11.3. The Hall–Kier alpha value is 0.0200. The lowest BCUT2D eigenvalue weighted by Crippen LogP contribution is -2.48. The molecule has 0 aromatic rings. The zero-order valence-electron chi connectivity index (χ0n) is 10.5. The Morgan fingerprint density at radius 2 is 1.29 bits per heavy atom. The van der Waals surface area contributed by atoms with E-state index in [0.717, 1.165) is 0 Å². The largest absolute Gasteiger partial charge is 0.442 e. The van der Waals surface area contributed by atoms with Gasteiger partial charge in [-0.25, -0.2) is 0 Å². The van der Waals surface area contributed by atoms with Gasteiger partial charge in [0.1, 0.15) is 0 Å². The van der Waals surface area contributed by atoms with E-state index >= 15 is 0 Å². The fourth-order valence-electron chi connectivity index (χ4n) is 1.35. The summed E-state index contributed by atoms with van der Waals surface area (Å²) in [6, 6.07) is 0. The van der Waals surface area contributed by atoms with Gasteiger partial charge in [0.25, 0.3) is 5.97 Å². The van der Waals surface area contributed by atoms with Crippen LogP contribution in [0.3, 0.4) is 0 Å². The molecule has 104 valence electrons. The van der Waals surface area contributed by atoms with Crippen molar-refractivity contribution in [2.45, 2.75) is 44.4 Å². The third-order valence-corrected chi connectivity index (χ3v) is 2.75. The van der Waals surface area contributed by atoms with Crippen molar-refractivity contribution in [2.24, 2.45) is 0 Å². The highest BCUT2D eigenvalue weighted by Gasteiger charge is 2.46. The van der Waals surface area contributed by atoms with Crippen molar-refractivity contribution in [1.82, 2.24) is 0 Å². The molecule has 0 rings (SSSR count). The van der Waals surface area contributed by atoms with Gasteiger partial charge in [-0.1, -0.05) is 0 Å². The first-order chi connectivity index (χ1) is 7.81. The summed E-state index contributed by atoms with van der Waals surface area (Å²) in [5.74, 6) is -1.64. The van der Waals surface area contributed by atoms with Crippen molar-refractivity contribution in [3.8, 4) is 0 Å². The van der Waals surface area contributed by atoms with Crippen LogP contribution in [-0.2, 0) is 14.2 Å². The minimum Gasteiger partial charge on any atom is -0.327 e. The molecule has 3 nitrogen and oxygen atoms in total. The summed E-state index contributed by atoms with van der Waals surface area (Å²) in [5.41, 5.74) is -4.35. The Morgan fingerprint density at radius 3 is 1.53 bits per heavy atom. The topological polar surface area (TPSA) is 27.7 Å². The first kappa shape index (κ1) is 17.0. The predicted molar refractivity (Wildman–Crippen MR) is 60.7 cm³/mol. The molecular weight excluding hydrogens is 257 g/mol. The van der Waals surface area contributed by atoms with Crippen molar-refractivity contribution in [3.05, 3.63) is 0 Å². The monoisotopic (exact) mass is 276 g/mol. The molecule has 0 N–H and O–H groups in total. The van der Waals surface area contributed by atoms with Crippen LogP contribution < -0.4 is 0 Å². The van der Waals surface area contributed by atoms with E-state index in [1.165, 1.54) is 6.92 Å². The van der Waals surface area contributed by atoms with E-state index in [9.17, 15) is 13.2 Å². The molecule has 0 heterocycles. The minimum atomic E-state index is -4.35. The van der Waals surface area contributed by atoms with Crippen molar-refractivity contribution in [1.29, 1.82) is 0 Å². The Morgan fingerprint density at radius 1 is 0.941 bits per heavy atom. The molecule has 17 heavy (non-hydrogen) atoms. The van der Waals surface area contributed by atoms with Crippen LogP contribution in [0.25, 0.3) is 0 Å². The van der Waals surface area contributed by atoms with Crippen LogP contribution >= 0.6 is 11.8 Å². The summed E-state index contributed by atoms with van der Waals surface area (Å²) in [7, 11) is 0. The molecule has 0 amide bonds. The van der Waals surface area contributed by atoms with Crippen molar-refractivity contribution in [3.63, 3.8) is 0 Å². The minimum absolute atomic E-state index is 0.191. The van der Waals surface area contributed by atoms with E-state index in [2.05, 4.69) is 0 Å². The fourth-order valence-corrected chi connectivity index (χ4v) is 2.10. The molecule has 1 unspecified atom stereocenters. The van der Waals surface area contributed by atoms with Gasteiger partial charge in [-0.15, -0.1) is 0 Å². The molecule has 0 aliphatic heterocycles. The zero-order chi connectivity index (χ0) is 13.5.